The van der Waals surface area contributed by atoms with Crippen LogP contribution in [-0.4, -0.2) is 13.2 Å². The molecule has 0 radical (unpaired) electrons. The fraction of sp³-hybridized carbons (Fsp3) is 0.200. The van der Waals surface area contributed by atoms with Gasteiger partial charge in [-0.25, -0.2) is 0 Å². The Labute approximate surface area is 122 Å². The number of halogens is 2. The van der Waals surface area contributed by atoms with Gasteiger partial charge in [0, 0.05) is 23.7 Å². The first kappa shape index (κ1) is 12.6. The highest BCUT2D eigenvalue weighted by atomic mass is 35.5. The summed E-state index contributed by atoms with van der Waals surface area (Å²) in [5, 5.41) is 4.51. The molecule has 1 atom stereocenters. The van der Waals surface area contributed by atoms with Gasteiger partial charge in [-0.2, -0.15) is 0 Å². The average molecular weight is 294 g/mol. The third-order valence-corrected chi connectivity index (χ3v) is 4.01. The summed E-state index contributed by atoms with van der Waals surface area (Å²) in [6.07, 6.45) is 0. The number of para-hydroxylation sites is 1. The minimum atomic E-state index is 0.366. The molecular weight excluding hydrogens is 281 g/mol. The summed E-state index contributed by atoms with van der Waals surface area (Å²) in [5.41, 5.74) is 2.23. The molecule has 0 amide bonds. The molecule has 2 aromatic rings. The maximum Gasteiger partial charge on any atom is 0.122 e. The summed E-state index contributed by atoms with van der Waals surface area (Å²) in [4.78, 5) is 0. The molecule has 4 heteroatoms. The molecular formula is C15H13Cl2NO. The Morgan fingerprint density at radius 1 is 1.11 bits per heavy atom. The third kappa shape index (κ3) is 2.65. The Bertz CT molecular complexity index is 600. The van der Waals surface area contributed by atoms with Gasteiger partial charge in [-0.1, -0.05) is 41.4 Å². The molecule has 0 aromatic heterocycles. The number of anilines is 1. The molecule has 0 fully saturated rings. The molecule has 1 heterocycles. The van der Waals surface area contributed by atoms with Crippen LogP contribution in [0.5, 0.6) is 5.75 Å². The van der Waals surface area contributed by atoms with Gasteiger partial charge in [-0.05, 0) is 24.3 Å². The fourth-order valence-electron chi connectivity index (χ4n) is 2.25. The third-order valence-electron chi connectivity index (χ3n) is 3.27. The molecule has 3 rings (SSSR count). The van der Waals surface area contributed by atoms with Crippen LogP contribution in [0.1, 0.15) is 11.5 Å². The predicted molar refractivity (Wildman–Crippen MR) is 79.6 cm³/mol. The molecule has 2 aromatic carbocycles. The van der Waals surface area contributed by atoms with Crippen molar-refractivity contribution in [3.8, 4) is 5.75 Å². The smallest absolute Gasteiger partial charge is 0.122 e. The van der Waals surface area contributed by atoms with Crippen molar-refractivity contribution in [2.45, 2.75) is 5.92 Å². The monoisotopic (exact) mass is 293 g/mol. The SMILES string of the molecule is Clc1ccc(NCC2COc3ccccc32)cc1Cl. The van der Waals surface area contributed by atoms with Crippen LogP contribution in [0, 0.1) is 0 Å². The zero-order valence-corrected chi connectivity index (χ0v) is 11.7. The van der Waals surface area contributed by atoms with Crippen molar-refractivity contribution in [3.63, 3.8) is 0 Å². The first-order valence-corrected chi connectivity index (χ1v) is 6.90. The van der Waals surface area contributed by atoms with Crippen LogP contribution in [0.2, 0.25) is 10.0 Å². The van der Waals surface area contributed by atoms with Crippen LogP contribution >= 0.6 is 23.2 Å². The lowest BCUT2D eigenvalue weighted by Gasteiger charge is -2.12. The van der Waals surface area contributed by atoms with E-state index in [1.165, 1.54) is 5.56 Å². The summed E-state index contributed by atoms with van der Waals surface area (Å²) < 4.78 is 5.66. The molecule has 1 unspecified atom stereocenters. The Morgan fingerprint density at radius 3 is 2.79 bits per heavy atom. The van der Waals surface area contributed by atoms with Gasteiger partial charge in [-0.15, -0.1) is 0 Å². The number of benzene rings is 2. The van der Waals surface area contributed by atoms with Gasteiger partial charge in [0.15, 0.2) is 0 Å². The van der Waals surface area contributed by atoms with Gasteiger partial charge < -0.3 is 10.1 Å². The van der Waals surface area contributed by atoms with Crippen molar-refractivity contribution in [2.24, 2.45) is 0 Å². The quantitative estimate of drug-likeness (QED) is 0.894. The van der Waals surface area contributed by atoms with E-state index in [4.69, 9.17) is 27.9 Å². The predicted octanol–water partition coefficient (Wildman–Crippen LogP) is 4.58. The Hall–Kier alpha value is -1.38. The van der Waals surface area contributed by atoms with Crippen LogP contribution in [0.3, 0.4) is 0 Å². The standard InChI is InChI=1S/C15H13Cl2NO/c16-13-6-5-11(7-14(13)17)18-8-10-9-19-15-4-2-1-3-12(10)15/h1-7,10,18H,8-9H2. The number of hydrogen-bond donors (Lipinski definition) is 1. The van der Waals surface area contributed by atoms with E-state index in [9.17, 15) is 0 Å². The second-order valence-corrected chi connectivity index (χ2v) is 5.37. The maximum atomic E-state index is 5.99. The van der Waals surface area contributed by atoms with E-state index in [1.807, 2.05) is 30.3 Å². The second kappa shape index (κ2) is 5.32. The fourth-order valence-corrected chi connectivity index (χ4v) is 2.54. The maximum absolute atomic E-state index is 5.99. The first-order valence-electron chi connectivity index (χ1n) is 6.14. The van der Waals surface area contributed by atoms with Crippen molar-refractivity contribution in [1.82, 2.24) is 0 Å². The van der Waals surface area contributed by atoms with Gasteiger partial charge in [0.25, 0.3) is 0 Å². The minimum absolute atomic E-state index is 0.366. The van der Waals surface area contributed by atoms with Crippen LogP contribution < -0.4 is 10.1 Å². The molecule has 0 aliphatic carbocycles. The number of nitrogens with one attached hydrogen (secondary N) is 1. The highest BCUT2D eigenvalue weighted by Crippen LogP contribution is 2.33. The number of hydrogen-bond acceptors (Lipinski definition) is 2. The molecule has 1 N–H and O–H groups in total. The highest BCUT2D eigenvalue weighted by Gasteiger charge is 2.23. The second-order valence-electron chi connectivity index (χ2n) is 4.56. The Kier molecular flexibility index (Phi) is 3.54. The van der Waals surface area contributed by atoms with Crippen molar-refractivity contribution in [3.05, 3.63) is 58.1 Å². The van der Waals surface area contributed by atoms with E-state index in [-0.39, 0.29) is 0 Å². The average Bonchev–Trinajstić information content (AvgIpc) is 2.83. The minimum Gasteiger partial charge on any atom is -0.493 e. The zero-order valence-electron chi connectivity index (χ0n) is 10.2. The number of ether oxygens (including phenoxy) is 1. The van der Waals surface area contributed by atoms with E-state index >= 15 is 0 Å². The normalized spacial score (nSPS) is 16.8. The number of fused-ring (bicyclic) bond motifs is 1. The molecule has 1 aliphatic rings. The van der Waals surface area contributed by atoms with Crippen LogP contribution in [-0.2, 0) is 0 Å². The van der Waals surface area contributed by atoms with E-state index < -0.39 is 0 Å². The van der Waals surface area contributed by atoms with E-state index in [0.29, 0.717) is 22.6 Å². The molecule has 0 spiro atoms. The van der Waals surface area contributed by atoms with Crippen LogP contribution in [0.25, 0.3) is 0 Å². The Morgan fingerprint density at radius 2 is 1.95 bits per heavy atom. The van der Waals surface area contributed by atoms with Crippen molar-refractivity contribution in [1.29, 1.82) is 0 Å². The zero-order chi connectivity index (χ0) is 13.2. The number of rotatable bonds is 3. The van der Waals surface area contributed by atoms with Crippen molar-refractivity contribution < 1.29 is 4.74 Å². The van der Waals surface area contributed by atoms with E-state index in [2.05, 4.69) is 11.4 Å². The largest absolute Gasteiger partial charge is 0.493 e. The molecule has 0 bridgehead atoms. The van der Waals surface area contributed by atoms with Gasteiger partial charge >= 0.3 is 0 Å². The molecule has 2 nitrogen and oxygen atoms in total. The van der Waals surface area contributed by atoms with Crippen molar-refractivity contribution in [2.75, 3.05) is 18.5 Å². The van der Waals surface area contributed by atoms with Gasteiger partial charge in [-0.3, -0.25) is 0 Å². The first-order chi connectivity index (χ1) is 9.24. The van der Waals surface area contributed by atoms with Gasteiger partial charge in [0.05, 0.1) is 16.7 Å². The topological polar surface area (TPSA) is 21.3 Å². The van der Waals surface area contributed by atoms with Crippen LogP contribution in [0.15, 0.2) is 42.5 Å². The van der Waals surface area contributed by atoms with Crippen LogP contribution in [0.4, 0.5) is 5.69 Å². The summed E-state index contributed by atoms with van der Waals surface area (Å²) in [7, 11) is 0. The summed E-state index contributed by atoms with van der Waals surface area (Å²) >= 11 is 11.9. The molecule has 0 saturated carbocycles. The molecule has 19 heavy (non-hydrogen) atoms. The molecule has 0 saturated heterocycles. The van der Waals surface area contributed by atoms with E-state index in [1.54, 1.807) is 6.07 Å². The lowest BCUT2D eigenvalue weighted by Crippen LogP contribution is -2.13. The van der Waals surface area contributed by atoms with Gasteiger partial charge in [0.1, 0.15) is 5.75 Å². The lowest BCUT2D eigenvalue weighted by atomic mass is 10.0. The highest BCUT2D eigenvalue weighted by molar-refractivity contribution is 6.42. The van der Waals surface area contributed by atoms with E-state index in [0.717, 1.165) is 18.0 Å². The molecule has 98 valence electrons. The lowest BCUT2D eigenvalue weighted by molar-refractivity contribution is 0.334. The van der Waals surface area contributed by atoms with Crippen molar-refractivity contribution >= 4 is 28.9 Å². The van der Waals surface area contributed by atoms with Gasteiger partial charge in [0.2, 0.25) is 0 Å². The summed E-state index contributed by atoms with van der Waals surface area (Å²) in [6, 6.07) is 13.7. The molecule has 1 aliphatic heterocycles. The summed E-state index contributed by atoms with van der Waals surface area (Å²) in [5.74, 6) is 1.36. The summed E-state index contributed by atoms with van der Waals surface area (Å²) in [6.45, 7) is 1.53. The Balaban J connectivity index is 1.69.